The topological polar surface area (TPSA) is 64.8 Å². The average molecular weight is 589 g/mol. The smallest absolute Gasteiger partial charge is 0.311 e. The van der Waals surface area contributed by atoms with Crippen molar-refractivity contribution in [1.29, 1.82) is 0 Å². The molecule has 2 bridgehead atoms. The molecule has 0 aromatic heterocycles. The van der Waals surface area contributed by atoms with Crippen LogP contribution in [0.2, 0.25) is 0 Å². The van der Waals surface area contributed by atoms with Gasteiger partial charge in [-0.15, -0.1) is 12.4 Å². The number of nitrogens with two attached hydrogens (primary N) is 1. The van der Waals surface area contributed by atoms with Crippen LogP contribution in [0.25, 0.3) is 0 Å². The Morgan fingerprint density at radius 1 is 1.16 bits per heavy atom. The standard InChI is InChI=1S/C24H28Br2N2O3.ClH/c1-28-16-5-8-21(28)22(18(13-16)15-3-6-17(30-2)7-4-15)24(29)31-10-9-14-11-19(25)23(27)20(26)12-14;/h3-4,6-7,11-12,16,18,21-22H,5,8-10,13,27H2,1-2H3;1H/t16-,18+,21+,22-;/m0./s1. The van der Waals surface area contributed by atoms with Crippen LogP contribution in [0.4, 0.5) is 5.69 Å². The fraction of sp³-hybridized carbons (Fsp3) is 0.458. The fourth-order valence-corrected chi connectivity index (χ4v) is 6.41. The first kappa shape index (κ1) is 25.3. The summed E-state index contributed by atoms with van der Waals surface area (Å²) in [6, 6.07) is 12.9. The van der Waals surface area contributed by atoms with Crippen molar-refractivity contribution in [3.05, 3.63) is 56.5 Å². The van der Waals surface area contributed by atoms with E-state index in [-0.39, 0.29) is 36.3 Å². The summed E-state index contributed by atoms with van der Waals surface area (Å²) in [6.45, 7) is 0.354. The zero-order chi connectivity index (χ0) is 22.1. The molecular formula is C24H29Br2ClN2O3. The first-order valence-corrected chi connectivity index (χ1v) is 12.2. The number of ether oxygens (including phenoxy) is 2. The van der Waals surface area contributed by atoms with E-state index < -0.39 is 0 Å². The van der Waals surface area contributed by atoms with Gasteiger partial charge in [-0.25, -0.2) is 0 Å². The number of hydrogen-bond acceptors (Lipinski definition) is 5. The van der Waals surface area contributed by atoms with Gasteiger partial charge in [0.15, 0.2) is 0 Å². The van der Waals surface area contributed by atoms with E-state index in [0.717, 1.165) is 39.5 Å². The van der Waals surface area contributed by atoms with Gasteiger partial charge in [-0.1, -0.05) is 12.1 Å². The Kier molecular flexibility index (Phi) is 8.53. The van der Waals surface area contributed by atoms with Crippen molar-refractivity contribution >= 4 is 55.9 Å². The van der Waals surface area contributed by atoms with Crippen LogP contribution < -0.4 is 10.5 Å². The van der Waals surface area contributed by atoms with Crippen molar-refractivity contribution in [2.24, 2.45) is 5.92 Å². The maximum absolute atomic E-state index is 13.3. The Morgan fingerprint density at radius 3 is 2.44 bits per heavy atom. The Bertz CT molecular complexity index is 934. The normalized spacial score (nSPS) is 24.6. The van der Waals surface area contributed by atoms with Crippen molar-refractivity contribution in [3.63, 3.8) is 0 Å². The number of carbonyl (C=O) groups excluding carboxylic acids is 1. The lowest BCUT2D eigenvalue weighted by molar-refractivity contribution is -0.153. The van der Waals surface area contributed by atoms with E-state index in [1.165, 1.54) is 5.56 Å². The number of benzene rings is 2. The van der Waals surface area contributed by atoms with Crippen LogP contribution in [0.15, 0.2) is 45.3 Å². The van der Waals surface area contributed by atoms with Crippen molar-refractivity contribution in [3.8, 4) is 5.75 Å². The summed E-state index contributed by atoms with van der Waals surface area (Å²) in [6.07, 6.45) is 3.82. The number of piperidine rings is 1. The highest BCUT2D eigenvalue weighted by Crippen LogP contribution is 2.46. The third-order valence-electron chi connectivity index (χ3n) is 6.86. The molecule has 2 fully saturated rings. The van der Waals surface area contributed by atoms with Crippen molar-refractivity contribution < 1.29 is 14.3 Å². The molecule has 0 radical (unpaired) electrons. The predicted octanol–water partition coefficient (Wildman–Crippen LogP) is 5.58. The second-order valence-corrected chi connectivity index (χ2v) is 10.2. The highest BCUT2D eigenvalue weighted by Gasteiger charge is 2.49. The average Bonchev–Trinajstić information content (AvgIpc) is 2.99. The molecule has 2 aliphatic rings. The van der Waals surface area contributed by atoms with E-state index in [1.807, 2.05) is 24.3 Å². The molecule has 32 heavy (non-hydrogen) atoms. The number of methoxy groups -OCH3 is 1. The zero-order valence-electron chi connectivity index (χ0n) is 18.2. The second-order valence-electron chi connectivity index (χ2n) is 8.50. The number of fused-ring (bicyclic) bond motifs is 2. The van der Waals surface area contributed by atoms with Crippen LogP contribution in [-0.4, -0.2) is 43.7 Å². The molecule has 2 aliphatic heterocycles. The first-order valence-electron chi connectivity index (χ1n) is 10.6. The zero-order valence-corrected chi connectivity index (χ0v) is 22.2. The molecule has 2 aromatic rings. The third-order valence-corrected chi connectivity index (χ3v) is 8.17. The molecule has 0 amide bonds. The Hall–Kier alpha value is -1.28. The number of esters is 1. The van der Waals surface area contributed by atoms with Gasteiger partial charge < -0.3 is 15.2 Å². The van der Waals surface area contributed by atoms with Crippen molar-refractivity contribution in [1.82, 2.24) is 4.90 Å². The van der Waals surface area contributed by atoms with E-state index in [1.54, 1.807) is 7.11 Å². The van der Waals surface area contributed by atoms with Gasteiger partial charge in [0.1, 0.15) is 5.75 Å². The maximum atomic E-state index is 13.3. The summed E-state index contributed by atoms with van der Waals surface area (Å²) in [4.78, 5) is 15.7. The summed E-state index contributed by atoms with van der Waals surface area (Å²) in [7, 11) is 3.82. The Balaban J connectivity index is 0.00000289. The largest absolute Gasteiger partial charge is 0.497 e. The summed E-state index contributed by atoms with van der Waals surface area (Å²) in [5.74, 6) is 0.764. The number of rotatable bonds is 6. The molecule has 8 heteroatoms. The highest BCUT2D eigenvalue weighted by molar-refractivity contribution is 9.11. The fourth-order valence-electron chi connectivity index (χ4n) is 5.13. The van der Waals surface area contributed by atoms with Crippen molar-refractivity contribution in [2.45, 2.75) is 43.7 Å². The van der Waals surface area contributed by atoms with Crippen LogP contribution in [0.1, 0.15) is 36.3 Å². The summed E-state index contributed by atoms with van der Waals surface area (Å²) < 4.78 is 12.8. The van der Waals surface area contributed by atoms with E-state index in [9.17, 15) is 4.79 Å². The summed E-state index contributed by atoms with van der Waals surface area (Å²) >= 11 is 6.95. The van der Waals surface area contributed by atoms with Gasteiger partial charge >= 0.3 is 5.97 Å². The number of anilines is 1. The molecular weight excluding hydrogens is 560 g/mol. The number of nitrogen functional groups attached to an aromatic ring is 1. The Labute approximate surface area is 212 Å². The molecule has 0 aliphatic carbocycles. The molecule has 5 nitrogen and oxygen atoms in total. The lowest BCUT2D eigenvalue weighted by Gasteiger charge is -2.42. The molecule has 174 valence electrons. The molecule has 2 N–H and O–H groups in total. The molecule has 0 spiro atoms. The lowest BCUT2D eigenvalue weighted by Crippen LogP contribution is -2.49. The van der Waals surface area contributed by atoms with Gasteiger partial charge in [0.25, 0.3) is 0 Å². The van der Waals surface area contributed by atoms with E-state index in [0.29, 0.717) is 24.8 Å². The van der Waals surface area contributed by atoms with Crippen LogP contribution in [-0.2, 0) is 16.0 Å². The molecule has 4 atom stereocenters. The van der Waals surface area contributed by atoms with Gasteiger partial charge in [0, 0.05) is 33.4 Å². The van der Waals surface area contributed by atoms with Gasteiger partial charge in [-0.3, -0.25) is 9.69 Å². The number of nitrogens with zero attached hydrogens (tertiary/aromatic N) is 1. The minimum atomic E-state index is -0.151. The predicted molar refractivity (Wildman–Crippen MR) is 137 cm³/mol. The second kappa shape index (κ2) is 10.8. The molecule has 2 saturated heterocycles. The van der Waals surface area contributed by atoms with Crippen LogP contribution in [0, 0.1) is 5.92 Å². The quantitative estimate of drug-likeness (QED) is 0.353. The van der Waals surface area contributed by atoms with E-state index in [4.69, 9.17) is 15.2 Å². The summed E-state index contributed by atoms with van der Waals surface area (Å²) in [5, 5.41) is 0. The van der Waals surface area contributed by atoms with E-state index >= 15 is 0 Å². The SMILES string of the molecule is COc1ccc([C@H]2C[C@@H]3CC[C@H]([C@H]2C(=O)OCCc2cc(Br)c(N)c(Br)c2)N3C)cc1.Cl. The molecule has 2 aromatic carbocycles. The van der Waals surface area contributed by atoms with Gasteiger partial charge in [0.2, 0.25) is 0 Å². The minimum Gasteiger partial charge on any atom is -0.497 e. The minimum absolute atomic E-state index is 0. The maximum Gasteiger partial charge on any atom is 0.311 e. The van der Waals surface area contributed by atoms with Gasteiger partial charge in [-0.2, -0.15) is 0 Å². The summed E-state index contributed by atoms with van der Waals surface area (Å²) in [5.41, 5.74) is 8.90. The van der Waals surface area contributed by atoms with Crippen LogP contribution in [0.5, 0.6) is 5.75 Å². The molecule has 0 unspecified atom stereocenters. The van der Waals surface area contributed by atoms with Crippen LogP contribution >= 0.6 is 44.3 Å². The Morgan fingerprint density at radius 2 is 1.81 bits per heavy atom. The van der Waals surface area contributed by atoms with Gasteiger partial charge in [-0.05, 0) is 93.6 Å². The number of hydrogen-bond donors (Lipinski definition) is 1. The molecule has 4 rings (SSSR count). The third kappa shape index (κ3) is 5.11. The van der Waals surface area contributed by atoms with E-state index in [2.05, 4.69) is 55.9 Å². The van der Waals surface area contributed by atoms with Gasteiger partial charge in [0.05, 0.1) is 25.3 Å². The monoisotopic (exact) mass is 586 g/mol. The highest BCUT2D eigenvalue weighted by atomic mass is 79.9. The van der Waals surface area contributed by atoms with Crippen molar-refractivity contribution in [2.75, 3.05) is 26.5 Å². The molecule has 0 saturated carbocycles. The molecule has 2 heterocycles. The first-order chi connectivity index (χ1) is 14.9. The number of halogens is 3. The van der Waals surface area contributed by atoms with Crippen LogP contribution in [0.3, 0.4) is 0 Å². The number of carbonyl (C=O) groups is 1. The lowest BCUT2D eigenvalue weighted by atomic mass is 9.76.